The molecule has 0 radical (unpaired) electrons. The van der Waals surface area contributed by atoms with Crippen LogP contribution in [0.4, 0.5) is 10.3 Å². The highest BCUT2D eigenvalue weighted by molar-refractivity contribution is 5.65. The molecule has 0 spiro atoms. The van der Waals surface area contributed by atoms with Gasteiger partial charge >= 0.3 is 0 Å². The van der Waals surface area contributed by atoms with Crippen LogP contribution < -0.4 is 10.5 Å². The Morgan fingerprint density at radius 3 is 2.43 bits per heavy atom. The molecule has 1 unspecified atom stereocenters. The summed E-state index contributed by atoms with van der Waals surface area (Å²) in [5.74, 6) is 0.608. The molecule has 0 fully saturated rings. The summed E-state index contributed by atoms with van der Waals surface area (Å²) in [6.45, 7) is 1.93. The molecule has 3 rings (SSSR count). The summed E-state index contributed by atoms with van der Waals surface area (Å²) >= 11 is 0. The van der Waals surface area contributed by atoms with Crippen LogP contribution in [0.3, 0.4) is 0 Å². The summed E-state index contributed by atoms with van der Waals surface area (Å²) in [7, 11) is 1.60. The number of methoxy groups -OCH3 is 1. The highest BCUT2D eigenvalue weighted by Crippen LogP contribution is 2.30. The molecular formula is C18H17FN2O2. The fourth-order valence-electron chi connectivity index (χ4n) is 2.48. The zero-order valence-electron chi connectivity index (χ0n) is 12.9. The molecule has 118 valence electrons. The molecule has 0 aliphatic rings. The van der Waals surface area contributed by atoms with Crippen LogP contribution in [0.15, 0.2) is 53.1 Å². The Kier molecular flexibility index (Phi) is 4.02. The van der Waals surface area contributed by atoms with Gasteiger partial charge in [0.2, 0.25) is 5.88 Å². The molecule has 23 heavy (non-hydrogen) atoms. The highest BCUT2D eigenvalue weighted by atomic mass is 19.1. The van der Waals surface area contributed by atoms with Crippen LogP contribution in [0, 0.1) is 5.82 Å². The van der Waals surface area contributed by atoms with Crippen LogP contribution in [-0.2, 0) is 0 Å². The molecule has 0 aliphatic heterocycles. The lowest BCUT2D eigenvalue weighted by Crippen LogP contribution is -1.98. The fraction of sp³-hybridized carbons (Fsp3) is 0.167. The number of benzene rings is 2. The molecule has 1 heterocycles. The Hall–Kier alpha value is -2.82. The van der Waals surface area contributed by atoms with E-state index in [-0.39, 0.29) is 17.6 Å². The molecule has 3 aromatic rings. The first kappa shape index (κ1) is 15.1. The molecule has 0 saturated heterocycles. The van der Waals surface area contributed by atoms with Gasteiger partial charge in [-0.15, -0.1) is 0 Å². The number of nitrogens with two attached hydrogens (primary N) is 1. The van der Waals surface area contributed by atoms with Gasteiger partial charge in [0.15, 0.2) is 0 Å². The SMILES string of the molecule is COc1ccc(-c2ccc(C(C)c3cc(N)on3)cc2F)cc1. The molecule has 0 saturated carbocycles. The van der Waals surface area contributed by atoms with E-state index < -0.39 is 0 Å². The number of rotatable bonds is 4. The van der Waals surface area contributed by atoms with Gasteiger partial charge in [0.05, 0.1) is 12.8 Å². The van der Waals surface area contributed by atoms with Crippen LogP contribution >= 0.6 is 0 Å². The Bertz CT molecular complexity index is 812. The quantitative estimate of drug-likeness (QED) is 0.783. The Morgan fingerprint density at radius 1 is 1.13 bits per heavy atom. The minimum absolute atomic E-state index is 0.101. The number of hydrogen-bond donors (Lipinski definition) is 1. The predicted octanol–water partition coefficient (Wildman–Crippen LogP) is 4.22. The molecule has 4 nitrogen and oxygen atoms in total. The van der Waals surface area contributed by atoms with Crippen molar-refractivity contribution in [3.8, 4) is 16.9 Å². The summed E-state index contributed by atoms with van der Waals surface area (Å²) in [5.41, 5.74) is 8.37. The van der Waals surface area contributed by atoms with Crippen molar-refractivity contribution in [2.75, 3.05) is 12.8 Å². The lowest BCUT2D eigenvalue weighted by atomic mass is 9.95. The summed E-state index contributed by atoms with van der Waals surface area (Å²) in [6, 6.07) is 14.1. The van der Waals surface area contributed by atoms with Gasteiger partial charge in [0, 0.05) is 17.5 Å². The number of halogens is 1. The van der Waals surface area contributed by atoms with E-state index in [0.29, 0.717) is 11.3 Å². The van der Waals surface area contributed by atoms with E-state index >= 15 is 0 Å². The summed E-state index contributed by atoms with van der Waals surface area (Å²) < 4.78 is 24.5. The zero-order chi connectivity index (χ0) is 16.4. The van der Waals surface area contributed by atoms with Crippen molar-refractivity contribution in [2.45, 2.75) is 12.8 Å². The lowest BCUT2D eigenvalue weighted by Gasteiger charge is -2.11. The number of nitrogen functional groups attached to an aromatic ring is 1. The van der Waals surface area contributed by atoms with Crippen LogP contribution in [0.2, 0.25) is 0 Å². The second-order valence-electron chi connectivity index (χ2n) is 5.34. The third-order valence-electron chi connectivity index (χ3n) is 3.88. The standard InChI is InChI=1S/C18H17FN2O2/c1-11(17-10-18(20)23-21-17)13-5-8-15(16(19)9-13)12-3-6-14(22-2)7-4-12/h3-11H,20H2,1-2H3. The monoisotopic (exact) mass is 312 g/mol. The first-order chi connectivity index (χ1) is 11.1. The van der Waals surface area contributed by atoms with E-state index in [4.69, 9.17) is 15.0 Å². The second kappa shape index (κ2) is 6.12. The molecule has 0 aliphatic carbocycles. The van der Waals surface area contributed by atoms with E-state index in [9.17, 15) is 4.39 Å². The first-order valence-corrected chi connectivity index (χ1v) is 7.24. The number of aromatic nitrogens is 1. The Labute approximate surface area is 133 Å². The maximum absolute atomic E-state index is 14.5. The minimum Gasteiger partial charge on any atom is -0.497 e. The van der Waals surface area contributed by atoms with Crippen molar-refractivity contribution in [3.63, 3.8) is 0 Å². The van der Waals surface area contributed by atoms with E-state index in [2.05, 4.69) is 5.16 Å². The average Bonchev–Trinajstić information content (AvgIpc) is 3.00. The average molecular weight is 312 g/mol. The van der Waals surface area contributed by atoms with Gasteiger partial charge in [-0.05, 0) is 29.3 Å². The number of nitrogens with zero attached hydrogens (tertiary/aromatic N) is 1. The van der Waals surface area contributed by atoms with Crippen LogP contribution in [-0.4, -0.2) is 12.3 Å². The largest absolute Gasteiger partial charge is 0.497 e. The third-order valence-corrected chi connectivity index (χ3v) is 3.88. The molecule has 0 bridgehead atoms. The van der Waals surface area contributed by atoms with E-state index in [1.165, 1.54) is 6.07 Å². The van der Waals surface area contributed by atoms with E-state index in [0.717, 1.165) is 16.9 Å². The topological polar surface area (TPSA) is 61.3 Å². The second-order valence-corrected chi connectivity index (χ2v) is 5.34. The zero-order valence-corrected chi connectivity index (χ0v) is 12.9. The molecule has 2 N–H and O–H groups in total. The predicted molar refractivity (Wildman–Crippen MR) is 86.8 cm³/mol. The Balaban J connectivity index is 1.90. The lowest BCUT2D eigenvalue weighted by molar-refractivity contribution is 0.415. The van der Waals surface area contributed by atoms with Crippen LogP contribution in [0.1, 0.15) is 24.1 Å². The van der Waals surface area contributed by atoms with Crippen molar-refractivity contribution in [2.24, 2.45) is 0 Å². The summed E-state index contributed by atoms with van der Waals surface area (Å²) in [4.78, 5) is 0. The van der Waals surface area contributed by atoms with Crippen LogP contribution in [0.25, 0.3) is 11.1 Å². The van der Waals surface area contributed by atoms with Crippen molar-refractivity contribution in [1.82, 2.24) is 5.16 Å². The van der Waals surface area contributed by atoms with Crippen molar-refractivity contribution >= 4 is 5.88 Å². The number of hydrogen-bond acceptors (Lipinski definition) is 4. The van der Waals surface area contributed by atoms with Gasteiger partial charge in [-0.1, -0.05) is 36.3 Å². The van der Waals surface area contributed by atoms with Gasteiger partial charge < -0.3 is 15.0 Å². The number of anilines is 1. The molecular weight excluding hydrogens is 295 g/mol. The fourth-order valence-corrected chi connectivity index (χ4v) is 2.48. The maximum Gasteiger partial charge on any atom is 0.222 e. The van der Waals surface area contributed by atoms with Gasteiger partial charge in [-0.25, -0.2) is 4.39 Å². The highest BCUT2D eigenvalue weighted by Gasteiger charge is 2.15. The smallest absolute Gasteiger partial charge is 0.222 e. The normalized spacial score (nSPS) is 12.1. The molecule has 0 amide bonds. The first-order valence-electron chi connectivity index (χ1n) is 7.24. The molecule has 1 aromatic heterocycles. The molecule has 5 heteroatoms. The summed E-state index contributed by atoms with van der Waals surface area (Å²) in [5, 5.41) is 3.89. The minimum atomic E-state index is -0.281. The van der Waals surface area contributed by atoms with Crippen molar-refractivity contribution in [3.05, 3.63) is 65.6 Å². The molecule has 2 aromatic carbocycles. The van der Waals surface area contributed by atoms with E-state index in [1.54, 1.807) is 19.2 Å². The van der Waals surface area contributed by atoms with Gasteiger partial charge in [-0.3, -0.25) is 0 Å². The van der Waals surface area contributed by atoms with E-state index in [1.807, 2.05) is 37.3 Å². The van der Waals surface area contributed by atoms with Gasteiger partial charge in [0.25, 0.3) is 0 Å². The molecule has 1 atom stereocenters. The van der Waals surface area contributed by atoms with Crippen molar-refractivity contribution < 1.29 is 13.7 Å². The van der Waals surface area contributed by atoms with Gasteiger partial charge in [-0.2, -0.15) is 0 Å². The van der Waals surface area contributed by atoms with Gasteiger partial charge in [0.1, 0.15) is 11.6 Å². The Morgan fingerprint density at radius 2 is 1.87 bits per heavy atom. The maximum atomic E-state index is 14.5. The van der Waals surface area contributed by atoms with Crippen LogP contribution in [0.5, 0.6) is 5.75 Å². The summed E-state index contributed by atoms with van der Waals surface area (Å²) in [6.07, 6.45) is 0. The third kappa shape index (κ3) is 3.04. The number of ether oxygens (including phenoxy) is 1. The van der Waals surface area contributed by atoms with Crippen molar-refractivity contribution in [1.29, 1.82) is 0 Å².